The van der Waals surface area contributed by atoms with Gasteiger partial charge in [0.1, 0.15) is 0 Å². The first-order chi connectivity index (χ1) is 17.7. The number of fused-ring (bicyclic) bond motifs is 1. The zero-order valence-corrected chi connectivity index (χ0v) is 19.7. The van der Waals surface area contributed by atoms with E-state index in [1.165, 1.54) is 0 Å². The third kappa shape index (κ3) is 5.35. The average Bonchev–Trinajstić information content (AvgIpc) is 2.90. The minimum atomic E-state index is -0.185. The molecule has 0 spiro atoms. The highest BCUT2D eigenvalue weighted by atomic mass is 16.1. The molecule has 36 heavy (non-hydrogen) atoms. The molecule has 174 valence electrons. The second-order valence-corrected chi connectivity index (χ2v) is 8.20. The van der Waals surface area contributed by atoms with Crippen molar-refractivity contribution < 1.29 is 4.79 Å². The number of amides is 1. The zero-order chi connectivity index (χ0) is 24.7. The first-order valence-electron chi connectivity index (χ1n) is 11.6. The van der Waals surface area contributed by atoms with Crippen LogP contribution >= 0.6 is 0 Å². The first kappa shape index (κ1) is 22.7. The molecule has 0 fully saturated rings. The van der Waals surface area contributed by atoms with Crippen LogP contribution in [0.2, 0.25) is 0 Å². The maximum atomic E-state index is 13.0. The highest BCUT2D eigenvalue weighted by Crippen LogP contribution is 2.27. The molecule has 0 atom stereocenters. The molecule has 5 heteroatoms. The number of nitrogens with zero attached hydrogens (tertiary/aromatic N) is 1. The summed E-state index contributed by atoms with van der Waals surface area (Å²) in [6.45, 7) is 1.82. The number of carbonyl (C=O) groups is 1. The zero-order valence-electron chi connectivity index (χ0n) is 19.7. The largest absolute Gasteiger partial charge is 0.355 e. The van der Waals surface area contributed by atoms with Crippen LogP contribution in [0.5, 0.6) is 0 Å². The Balaban J connectivity index is 1.34. The van der Waals surface area contributed by atoms with E-state index in [1.54, 1.807) is 12.3 Å². The van der Waals surface area contributed by atoms with E-state index in [1.807, 2.05) is 104 Å². The Morgan fingerprint density at radius 2 is 1.47 bits per heavy atom. The molecule has 1 heterocycles. The number of hydrogen-bond donors (Lipinski definition) is 3. The lowest BCUT2D eigenvalue weighted by Crippen LogP contribution is -2.12. The van der Waals surface area contributed by atoms with Crippen molar-refractivity contribution in [3.05, 3.63) is 120 Å². The molecular formula is C31H24N4O. The molecule has 0 aliphatic carbocycles. The molecule has 0 saturated heterocycles. The molecule has 0 aliphatic rings. The Bertz CT molecular complexity index is 1600. The summed E-state index contributed by atoms with van der Waals surface area (Å²) in [4.78, 5) is 17.5. The Morgan fingerprint density at radius 1 is 0.722 bits per heavy atom. The molecule has 4 aromatic carbocycles. The van der Waals surface area contributed by atoms with E-state index in [0.717, 1.165) is 39.2 Å². The van der Waals surface area contributed by atoms with Crippen molar-refractivity contribution in [1.29, 1.82) is 0 Å². The summed E-state index contributed by atoms with van der Waals surface area (Å²) in [7, 11) is 0. The molecule has 5 aromatic rings. The minimum absolute atomic E-state index is 0.185. The minimum Gasteiger partial charge on any atom is -0.355 e. The van der Waals surface area contributed by atoms with Gasteiger partial charge in [0.05, 0.1) is 5.52 Å². The number of aromatic nitrogens is 1. The summed E-state index contributed by atoms with van der Waals surface area (Å²) < 4.78 is 0. The lowest BCUT2D eigenvalue weighted by Gasteiger charge is -2.12. The molecule has 0 saturated carbocycles. The average molecular weight is 469 g/mol. The van der Waals surface area contributed by atoms with Gasteiger partial charge in [-0.05, 0) is 79.7 Å². The smallest absolute Gasteiger partial charge is 0.255 e. The van der Waals surface area contributed by atoms with E-state index < -0.39 is 0 Å². The van der Waals surface area contributed by atoms with Crippen LogP contribution in [-0.2, 0) is 0 Å². The quantitative estimate of drug-likeness (QED) is 0.228. The number of carbonyl (C=O) groups excluding carboxylic acids is 1. The van der Waals surface area contributed by atoms with Gasteiger partial charge >= 0.3 is 0 Å². The van der Waals surface area contributed by atoms with Crippen LogP contribution in [0.4, 0.5) is 28.4 Å². The highest BCUT2D eigenvalue weighted by Gasteiger charge is 2.09. The third-order valence-electron chi connectivity index (χ3n) is 5.60. The third-order valence-corrected chi connectivity index (χ3v) is 5.60. The van der Waals surface area contributed by atoms with Gasteiger partial charge in [-0.3, -0.25) is 9.78 Å². The summed E-state index contributed by atoms with van der Waals surface area (Å²) in [5, 5.41) is 10.7. The van der Waals surface area contributed by atoms with E-state index in [4.69, 9.17) is 0 Å². The lowest BCUT2D eigenvalue weighted by atomic mass is 10.1. The van der Waals surface area contributed by atoms with E-state index in [9.17, 15) is 4.79 Å². The van der Waals surface area contributed by atoms with Crippen molar-refractivity contribution in [2.45, 2.75) is 6.92 Å². The van der Waals surface area contributed by atoms with Gasteiger partial charge in [0, 0.05) is 51.1 Å². The van der Waals surface area contributed by atoms with Gasteiger partial charge in [0.25, 0.3) is 5.91 Å². The Kier molecular flexibility index (Phi) is 6.59. The standard InChI is InChI=1S/C31H24N4O/c1-2-8-22-15-16-29-28(19-22)30(17-18-32-29)34-25-12-6-9-23(20-25)31(36)35-27-14-7-13-26(21-27)33-24-10-4-3-5-11-24/h3-7,9-21,33H,1H3,(H,32,34)(H,35,36). The molecule has 0 aliphatic heterocycles. The van der Waals surface area contributed by atoms with Gasteiger partial charge < -0.3 is 16.0 Å². The van der Waals surface area contributed by atoms with Gasteiger partial charge in [-0.15, -0.1) is 5.92 Å². The summed E-state index contributed by atoms with van der Waals surface area (Å²) in [5.41, 5.74) is 6.65. The molecule has 0 bridgehead atoms. The number of pyridine rings is 1. The summed E-state index contributed by atoms with van der Waals surface area (Å²) in [5.74, 6) is 5.84. The van der Waals surface area contributed by atoms with Crippen molar-refractivity contribution in [2.24, 2.45) is 0 Å². The highest BCUT2D eigenvalue weighted by molar-refractivity contribution is 6.05. The van der Waals surface area contributed by atoms with Crippen molar-refractivity contribution in [3.8, 4) is 11.8 Å². The van der Waals surface area contributed by atoms with Crippen LogP contribution in [0.25, 0.3) is 10.9 Å². The molecule has 0 unspecified atom stereocenters. The van der Waals surface area contributed by atoms with Crippen LogP contribution in [0.3, 0.4) is 0 Å². The van der Waals surface area contributed by atoms with E-state index in [2.05, 4.69) is 32.8 Å². The van der Waals surface area contributed by atoms with Crippen LogP contribution in [0, 0.1) is 11.8 Å². The Hall–Kier alpha value is -5.08. The number of nitrogens with one attached hydrogen (secondary N) is 3. The fourth-order valence-corrected chi connectivity index (χ4v) is 3.94. The Labute approximate surface area is 210 Å². The topological polar surface area (TPSA) is 66.0 Å². The monoisotopic (exact) mass is 468 g/mol. The predicted octanol–water partition coefficient (Wildman–Crippen LogP) is 7.35. The van der Waals surface area contributed by atoms with Crippen molar-refractivity contribution in [3.63, 3.8) is 0 Å². The number of hydrogen-bond acceptors (Lipinski definition) is 4. The SMILES string of the molecule is CC#Cc1ccc2nccc(Nc3cccc(C(=O)Nc4cccc(Nc5ccccc5)c4)c3)c2c1. The van der Waals surface area contributed by atoms with Gasteiger partial charge in [0.15, 0.2) is 0 Å². The van der Waals surface area contributed by atoms with Gasteiger partial charge in [-0.25, -0.2) is 0 Å². The fraction of sp³-hybridized carbons (Fsp3) is 0.0323. The van der Waals surface area contributed by atoms with Gasteiger partial charge in [-0.1, -0.05) is 36.3 Å². The van der Waals surface area contributed by atoms with Crippen LogP contribution < -0.4 is 16.0 Å². The molecule has 5 rings (SSSR count). The van der Waals surface area contributed by atoms with E-state index in [0.29, 0.717) is 11.3 Å². The number of para-hydroxylation sites is 1. The summed E-state index contributed by atoms with van der Waals surface area (Å²) in [6.07, 6.45) is 1.77. The summed E-state index contributed by atoms with van der Waals surface area (Å²) >= 11 is 0. The Morgan fingerprint density at radius 3 is 2.31 bits per heavy atom. The number of benzene rings is 4. The number of rotatable bonds is 6. The number of anilines is 5. The summed E-state index contributed by atoms with van der Waals surface area (Å²) in [6, 6.07) is 32.9. The first-order valence-corrected chi connectivity index (χ1v) is 11.6. The fourth-order valence-electron chi connectivity index (χ4n) is 3.94. The predicted molar refractivity (Wildman–Crippen MR) is 148 cm³/mol. The van der Waals surface area contributed by atoms with Crippen molar-refractivity contribution in [1.82, 2.24) is 4.98 Å². The molecule has 0 radical (unpaired) electrons. The van der Waals surface area contributed by atoms with Gasteiger partial charge in [0.2, 0.25) is 0 Å². The molecular weight excluding hydrogens is 444 g/mol. The van der Waals surface area contributed by atoms with Crippen LogP contribution in [0.15, 0.2) is 109 Å². The second-order valence-electron chi connectivity index (χ2n) is 8.20. The molecule has 1 amide bonds. The molecule has 3 N–H and O–H groups in total. The van der Waals surface area contributed by atoms with Crippen molar-refractivity contribution >= 4 is 45.2 Å². The normalized spacial score (nSPS) is 10.2. The van der Waals surface area contributed by atoms with Crippen LogP contribution in [-0.4, -0.2) is 10.9 Å². The molecule has 5 nitrogen and oxygen atoms in total. The maximum absolute atomic E-state index is 13.0. The van der Waals surface area contributed by atoms with Crippen LogP contribution in [0.1, 0.15) is 22.8 Å². The molecule has 1 aromatic heterocycles. The lowest BCUT2D eigenvalue weighted by molar-refractivity contribution is 0.102. The van der Waals surface area contributed by atoms with E-state index in [-0.39, 0.29) is 5.91 Å². The maximum Gasteiger partial charge on any atom is 0.255 e. The van der Waals surface area contributed by atoms with E-state index >= 15 is 0 Å². The second kappa shape index (κ2) is 10.5. The van der Waals surface area contributed by atoms with Crippen molar-refractivity contribution in [2.75, 3.05) is 16.0 Å². The van der Waals surface area contributed by atoms with Gasteiger partial charge in [-0.2, -0.15) is 0 Å².